The minimum Gasteiger partial charge on any atom is -0.508 e. The van der Waals surface area contributed by atoms with Gasteiger partial charge in [-0.05, 0) is 18.2 Å². The van der Waals surface area contributed by atoms with Crippen LogP contribution in [0.1, 0.15) is 0 Å². The first-order valence-corrected chi connectivity index (χ1v) is 4.12. The highest BCUT2D eigenvalue weighted by molar-refractivity contribution is 6.61. The van der Waals surface area contributed by atoms with Gasteiger partial charge in [-0.25, -0.2) is 0 Å². The third-order valence-electron chi connectivity index (χ3n) is 2.00. The standard InChI is InChI=1S/C9H8BNO3/c12-7-4-6-2-1-3-11-9(6)8(5-7)10(13)14/h1-5,12-14H. The Morgan fingerprint density at radius 2 is 2.00 bits per heavy atom. The van der Waals surface area contributed by atoms with E-state index in [0.29, 0.717) is 10.9 Å². The molecule has 0 fully saturated rings. The van der Waals surface area contributed by atoms with Gasteiger partial charge in [0, 0.05) is 17.0 Å². The van der Waals surface area contributed by atoms with Gasteiger partial charge in [-0.15, -0.1) is 0 Å². The van der Waals surface area contributed by atoms with Crippen LogP contribution in [0.2, 0.25) is 0 Å². The topological polar surface area (TPSA) is 73.6 Å². The Hall–Kier alpha value is -1.59. The Balaban J connectivity index is 2.80. The minimum atomic E-state index is -1.63. The predicted octanol–water partition coefficient (Wildman–Crippen LogP) is -0.380. The van der Waals surface area contributed by atoms with E-state index < -0.39 is 7.12 Å². The van der Waals surface area contributed by atoms with Crippen LogP contribution in [0.15, 0.2) is 30.5 Å². The second kappa shape index (κ2) is 3.28. The van der Waals surface area contributed by atoms with Gasteiger partial charge in [0.25, 0.3) is 0 Å². The van der Waals surface area contributed by atoms with Crippen LogP contribution in [0.4, 0.5) is 0 Å². The summed E-state index contributed by atoms with van der Waals surface area (Å²) in [5.41, 5.74) is 0.695. The number of aromatic hydroxyl groups is 1. The summed E-state index contributed by atoms with van der Waals surface area (Å²) in [5, 5.41) is 28.1. The van der Waals surface area contributed by atoms with E-state index in [2.05, 4.69) is 4.98 Å². The van der Waals surface area contributed by atoms with E-state index in [1.165, 1.54) is 12.1 Å². The molecule has 0 saturated heterocycles. The molecule has 5 heteroatoms. The zero-order chi connectivity index (χ0) is 10.1. The summed E-state index contributed by atoms with van der Waals surface area (Å²) in [6.45, 7) is 0. The molecular formula is C9H8BNO3. The van der Waals surface area contributed by atoms with Crippen LogP contribution < -0.4 is 5.46 Å². The number of fused-ring (bicyclic) bond motifs is 1. The van der Waals surface area contributed by atoms with Crippen molar-refractivity contribution in [2.75, 3.05) is 0 Å². The number of phenolic OH excluding ortho intramolecular Hbond substituents is 1. The highest BCUT2D eigenvalue weighted by atomic mass is 16.4. The fourth-order valence-corrected chi connectivity index (χ4v) is 1.40. The van der Waals surface area contributed by atoms with Crippen LogP contribution in [0.25, 0.3) is 10.9 Å². The van der Waals surface area contributed by atoms with Crippen LogP contribution >= 0.6 is 0 Å². The monoisotopic (exact) mass is 189 g/mol. The van der Waals surface area contributed by atoms with Gasteiger partial charge in [0.15, 0.2) is 0 Å². The van der Waals surface area contributed by atoms with Gasteiger partial charge in [0.1, 0.15) is 5.75 Å². The van der Waals surface area contributed by atoms with E-state index in [1.54, 1.807) is 18.3 Å². The molecule has 0 atom stereocenters. The highest BCUT2D eigenvalue weighted by Gasteiger charge is 2.16. The molecule has 0 aliphatic rings. The molecule has 2 rings (SSSR count). The number of nitrogens with zero attached hydrogens (tertiary/aromatic N) is 1. The third-order valence-corrected chi connectivity index (χ3v) is 2.00. The normalized spacial score (nSPS) is 10.4. The van der Waals surface area contributed by atoms with E-state index in [-0.39, 0.29) is 11.2 Å². The second-order valence-corrected chi connectivity index (χ2v) is 2.98. The lowest BCUT2D eigenvalue weighted by molar-refractivity contribution is 0.425. The SMILES string of the molecule is OB(O)c1cc(O)cc2cccnc12. The molecule has 0 spiro atoms. The van der Waals surface area contributed by atoms with Crippen molar-refractivity contribution in [1.29, 1.82) is 0 Å². The van der Waals surface area contributed by atoms with Crippen molar-refractivity contribution in [2.24, 2.45) is 0 Å². The zero-order valence-electron chi connectivity index (χ0n) is 7.25. The molecule has 0 saturated carbocycles. The number of aromatic nitrogens is 1. The van der Waals surface area contributed by atoms with Crippen LogP contribution in [0.5, 0.6) is 5.75 Å². The predicted molar refractivity (Wildman–Crippen MR) is 53.2 cm³/mol. The quantitative estimate of drug-likeness (QED) is 0.534. The minimum absolute atomic E-state index is 0.00593. The molecule has 1 heterocycles. The first kappa shape index (κ1) is 8.99. The van der Waals surface area contributed by atoms with Gasteiger partial charge >= 0.3 is 7.12 Å². The highest BCUT2D eigenvalue weighted by Crippen LogP contribution is 2.15. The Morgan fingerprint density at radius 1 is 1.21 bits per heavy atom. The van der Waals surface area contributed by atoms with Crippen molar-refractivity contribution in [3.8, 4) is 5.75 Å². The second-order valence-electron chi connectivity index (χ2n) is 2.98. The number of hydrogen-bond acceptors (Lipinski definition) is 4. The summed E-state index contributed by atoms with van der Waals surface area (Å²) in [5.74, 6) is -0.00593. The first-order chi connectivity index (χ1) is 6.68. The average molecular weight is 189 g/mol. The van der Waals surface area contributed by atoms with Crippen LogP contribution in [0, 0.1) is 0 Å². The van der Waals surface area contributed by atoms with Crippen molar-refractivity contribution in [2.45, 2.75) is 0 Å². The Morgan fingerprint density at radius 3 is 2.71 bits per heavy atom. The van der Waals surface area contributed by atoms with Crippen molar-refractivity contribution in [1.82, 2.24) is 4.98 Å². The number of benzene rings is 1. The molecule has 2 aromatic rings. The molecule has 1 aromatic carbocycles. The number of phenols is 1. The lowest BCUT2D eigenvalue weighted by Gasteiger charge is -2.04. The van der Waals surface area contributed by atoms with E-state index in [1.807, 2.05) is 0 Å². The van der Waals surface area contributed by atoms with Gasteiger partial charge in [-0.2, -0.15) is 0 Å². The van der Waals surface area contributed by atoms with Crippen molar-refractivity contribution in [3.63, 3.8) is 0 Å². The van der Waals surface area contributed by atoms with Crippen molar-refractivity contribution in [3.05, 3.63) is 30.5 Å². The van der Waals surface area contributed by atoms with Crippen LogP contribution in [-0.2, 0) is 0 Å². The number of hydrogen-bond donors (Lipinski definition) is 3. The summed E-state index contributed by atoms with van der Waals surface area (Å²) in [6.07, 6.45) is 1.56. The summed E-state index contributed by atoms with van der Waals surface area (Å²) in [7, 11) is -1.63. The van der Waals surface area contributed by atoms with E-state index in [0.717, 1.165) is 0 Å². The van der Waals surface area contributed by atoms with Crippen molar-refractivity contribution >= 4 is 23.5 Å². The number of rotatable bonds is 1. The van der Waals surface area contributed by atoms with Gasteiger partial charge in [0.05, 0.1) is 5.52 Å². The average Bonchev–Trinajstić information content (AvgIpc) is 2.16. The zero-order valence-corrected chi connectivity index (χ0v) is 7.25. The maximum atomic E-state index is 9.31. The third kappa shape index (κ3) is 1.43. The van der Waals surface area contributed by atoms with Gasteiger partial charge in [-0.1, -0.05) is 6.07 Å². The fourth-order valence-electron chi connectivity index (χ4n) is 1.40. The lowest BCUT2D eigenvalue weighted by atomic mass is 9.78. The summed E-state index contributed by atoms with van der Waals surface area (Å²) < 4.78 is 0. The first-order valence-electron chi connectivity index (χ1n) is 4.12. The summed E-state index contributed by atoms with van der Waals surface area (Å²) in [6, 6.07) is 6.28. The maximum Gasteiger partial charge on any atom is 0.490 e. The van der Waals surface area contributed by atoms with E-state index in [9.17, 15) is 5.11 Å². The summed E-state index contributed by atoms with van der Waals surface area (Å²) in [4.78, 5) is 4.01. The smallest absolute Gasteiger partial charge is 0.490 e. The Bertz CT molecular complexity index is 473. The van der Waals surface area contributed by atoms with E-state index >= 15 is 0 Å². The summed E-state index contributed by atoms with van der Waals surface area (Å²) >= 11 is 0. The lowest BCUT2D eigenvalue weighted by Crippen LogP contribution is -2.30. The molecule has 0 aliphatic heterocycles. The van der Waals surface area contributed by atoms with Crippen LogP contribution in [-0.4, -0.2) is 27.3 Å². The molecule has 3 N–H and O–H groups in total. The largest absolute Gasteiger partial charge is 0.508 e. The Labute approximate surface area is 80.6 Å². The molecule has 14 heavy (non-hydrogen) atoms. The van der Waals surface area contributed by atoms with Crippen LogP contribution in [0.3, 0.4) is 0 Å². The molecule has 0 amide bonds. The molecule has 0 unspecified atom stereocenters. The molecule has 70 valence electrons. The van der Waals surface area contributed by atoms with Crippen molar-refractivity contribution < 1.29 is 15.2 Å². The molecule has 1 aromatic heterocycles. The Kier molecular flexibility index (Phi) is 2.11. The molecule has 0 aliphatic carbocycles. The van der Waals surface area contributed by atoms with Gasteiger partial charge in [0.2, 0.25) is 0 Å². The molecular weight excluding hydrogens is 181 g/mol. The van der Waals surface area contributed by atoms with E-state index in [4.69, 9.17) is 10.0 Å². The molecule has 0 radical (unpaired) electrons. The fraction of sp³-hybridized carbons (Fsp3) is 0. The van der Waals surface area contributed by atoms with Gasteiger partial charge in [-0.3, -0.25) is 4.98 Å². The molecule has 0 bridgehead atoms. The number of pyridine rings is 1. The molecule has 4 nitrogen and oxygen atoms in total. The van der Waals surface area contributed by atoms with Gasteiger partial charge < -0.3 is 15.2 Å². The maximum absolute atomic E-state index is 9.31.